The summed E-state index contributed by atoms with van der Waals surface area (Å²) in [7, 11) is 0. The standard InChI is InChI=1S/C9H17N5O2S/c1-9(2,3)16-8(15)10-6(5-17-4)7-11-13-14-12-7/h6H,5H2,1-4H3,(H,10,15)(H,11,12,13,14)/t6-/m0/s1. The van der Waals surface area contributed by atoms with Gasteiger partial charge in [0.1, 0.15) is 11.6 Å². The van der Waals surface area contributed by atoms with Gasteiger partial charge in [0.05, 0.1) is 0 Å². The van der Waals surface area contributed by atoms with Gasteiger partial charge in [-0.15, -0.1) is 10.2 Å². The first-order chi connectivity index (χ1) is 7.92. The van der Waals surface area contributed by atoms with Crippen molar-refractivity contribution in [3.05, 3.63) is 5.82 Å². The molecule has 1 heterocycles. The number of amides is 1. The van der Waals surface area contributed by atoms with Gasteiger partial charge in [-0.1, -0.05) is 5.21 Å². The molecule has 0 saturated heterocycles. The highest BCUT2D eigenvalue weighted by molar-refractivity contribution is 7.98. The molecule has 0 fully saturated rings. The van der Waals surface area contributed by atoms with Gasteiger partial charge in [-0.25, -0.2) is 4.79 Å². The van der Waals surface area contributed by atoms with Crippen LogP contribution in [0.5, 0.6) is 0 Å². The van der Waals surface area contributed by atoms with Gasteiger partial charge in [0.25, 0.3) is 0 Å². The lowest BCUT2D eigenvalue weighted by atomic mass is 10.2. The second kappa shape index (κ2) is 5.85. The van der Waals surface area contributed by atoms with Gasteiger partial charge in [0, 0.05) is 5.75 Å². The molecular formula is C9H17N5O2S. The normalized spacial score (nSPS) is 13.2. The summed E-state index contributed by atoms with van der Waals surface area (Å²) in [5.74, 6) is 1.10. The van der Waals surface area contributed by atoms with Crippen LogP contribution in [0.15, 0.2) is 0 Å². The number of nitrogens with zero attached hydrogens (tertiary/aromatic N) is 3. The van der Waals surface area contributed by atoms with Crippen molar-refractivity contribution in [2.75, 3.05) is 12.0 Å². The van der Waals surface area contributed by atoms with E-state index in [0.29, 0.717) is 11.6 Å². The Morgan fingerprint density at radius 3 is 2.76 bits per heavy atom. The Morgan fingerprint density at radius 2 is 2.29 bits per heavy atom. The van der Waals surface area contributed by atoms with Crippen molar-refractivity contribution in [1.29, 1.82) is 0 Å². The number of hydrogen-bond donors (Lipinski definition) is 2. The van der Waals surface area contributed by atoms with Gasteiger partial charge in [0.2, 0.25) is 0 Å². The fourth-order valence-corrected chi connectivity index (χ4v) is 1.68. The average Bonchev–Trinajstić information content (AvgIpc) is 2.66. The summed E-state index contributed by atoms with van der Waals surface area (Å²) in [6.07, 6.45) is 1.45. The number of carbonyl (C=O) groups is 1. The third kappa shape index (κ3) is 5.03. The fourth-order valence-electron chi connectivity index (χ4n) is 1.11. The van der Waals surface area contributed by atoms with Crippen molar-refractivity contribution >= 4 is 17.9 Å². The van der Waals surface area contributed by atoms with Gasteiger partial charge in [-0.05, 0) is 27.0 Å². The molecule has 0 aromatic carbocycles. The number of H-pyrrole nitrogens is 1. The zero-order valence-electron chi connectivity index (χ0n) is 10.4. The maximum Gasteiger partial charge on any atom is 0.408 e. The molecule has 0 radical (unpaired) electrons. The molecule has 7 nitrogen and oxygen atoms in total. The number of thioether (sulfide) groups is 1. The monoisotopic (exact) mass is 259 g/mol. The predicted molar refractivity (Wildman–Crippen MR) is 64.7 cm³/mol. The quantitative estimate of drug-likeness (QED) is 0.842. The zero-order valence-corrected chi connectivity index (χ0v) is 11.2. The second-order valence-corrected chi connectivity index (χ2v) is 5.33. The van der Waals surface area contributed by atoms with Crippen LogP contribution in [-0.2, 0) is 4.74 Å². The molecule has 2 N–H and O–H groups in total. The molecule has 1 amide bonds. The Kier molecular flexibility index (Phi) is 4.73. The van der Waals surface area contributed by atoms with E-state index in [0.717, 1.165) is 0 Å². The van der Waals surface area contributed by atoms with E-state index in [4.69, 9.17) is 4.74 Å². The van der Waals surface area contributed by atoms with E-state index in [1.54, 1.807) is 11.8 Å². The fraction of sp³-hybridized carbons (Fsp3) is 0.778. The van der Waals surface area contributed by atoms with Crippen LogP contribution in [0, 0.1) is 0 Å². The first-order valence-corrected chi connectivity index (χ1v) is 6.53. The van der Waals surface area contributed by atoms with Crippen molar-refractivity contribution in [2.24, 2.45) is 0 Å². The second-order valence-electron chi connectivity index (χ2n) is 4.42. The highest BCUT2D eigenvalue weighted by Gasteiger charge is 2.22. The Labute approximate surface area is 104 Å². The van der Waals surface area contributed by atoms with Gasteiger partial charge in [-0.3, -0.25) is 0 Å². The topological polar surface area (TPSA) is 92.8 Å². The van der Waals surface area contributed by atoms with E-state index < -0.39 is 11.7 Å². The minimum atomic E-state index is -0.523. The van der Waals surface area contributed by atoms with E-state index in [1.807, 2.05) is 27.0 Å². The molecule has 0 unspecified atom stereocenters. The molecule has 0 spiro atoms. The molecule has 1 aromatic heterocycles. The molecule has 0 bridgehead atoms. The summed E-state index contributed by atoms with van der Waals surface area (Å²) in [4.78, 5) is 11.6. The van der Waals surface area contributed by atoms with Crippen molar-refractivity contribution < 1.29 is 9.53 Å². The number of hydrogen-bond acceptors (Lipinski definition) is 6. The van der Waals surface area contributed by atoms with E-state index in [2.05, 4.69) is 25.9 Å². The molecule has 1 atom stereocenters. The lowest BCUT2D eigenvalue weighted by Gasteiger charge is -2.22. The molecule has 0 aliphatic heterocycles. The lowest BCUT2D eigenvalue weighted by molar-refractivity contribution is 0.0507. The van der Waals surface area contributed by atoms with E-state index >= 15 is 0 Å². The van der Waals surface area contributed by atoms with Gasteiger partial charge < -0.3 is 10.1 Å². The van der Waals surface area contributed by atoms with Crippen LogP contribution in [0.25, 0.3) is 0 Å². The van der Waals surface area contributed by atoms with Crippen molar-refractivity contribution in [1.82, 2.24) is 25.9 Å². The number of aromatic amines is 1. The molecule has 17 heavy (non-hydrogen) atoms. The largest absolute Gasteiger partial charge is 0.444 e. The minimum Gasteiger partial charge on any atom is -0.444 e. The number of rotatable bonds is 4. The highest BCUT2D eigenvalue weighted by Crippen LogP contribution is 2.13. The summed E-state index contributed by atoms with van der Waals surface area (Å²) >= 11 is 1.58. The third-order valence-corrected chi connectivity index (χ3v) is 2.36. The molecule has 0 aliphatic rings. The molecule has 0 aliphatic carbocycles. The van der Waals surface area contributed by atoms with Gasteiger partial charge in [0.15, 0.2) is 5.82 Å². The number of alkyl carbamates (subject to hydrolysis) is 1. The molecule has 1 rings (SSSR count). The number of nitrogens with one attached hydrogen (secondary N) is 2. The summed E-state index contributed by atoms with van der Waals surface area (Å²) in [6.45, 7) is 5.43. The Hall–Kier alpha value is -1.31. The lowest BCUT2D eigenvalue weighted by Crippen LogP contribution is -2.36. The molecular weight excluding hydrogens is 242 g/mol. The number of carbonyl (C=O) groups excluding carboxylic acids is 1. The summed E-state index contributed by atoms with van der Waals surface area (Å²) in [6, 6.07) is -0.307. The minimum absolute atomic E-state index is 0.307. The average molecular weight is 259 g/mol. The van der Waals surface area contributed by atoms with Crippen LogP contribution in [0.2, 0.25) is 0 Å². The first kappa shape index (κ1) is 13.8. The number of ether oxygens (including phenoxy) is 1. The molecule has 96 valence electrons. The first-order valence-electron chi connectivity index (χ1n) is 5.14. The number of tetrazole rings is 1. The summed E-state index contributed by atoms with van der Waals surface area (Å²) in [5.41, 5.74) is -0.523. The maximum atomic E-state index is 11.6. The van der Waals surface area contributed by atoms with Gasteiger partial charge >= 0.3 is 6.09 Å². The SMILES string of the molecule is CSC[C@H](NC(=O)OC(C)(C)C)c1nn[nH]n1. The van der Waals surface area contributed by atoms with E-state index in [9.17, 15) is 4.79 Å². The Bertz CT molecular complexity index is 349. The summed E-state index contributed by atoms with van der Waals surface area (Å²) in [5, 5.41) is 16.2. The third-order valence-electron chi connectivity index (χ3n) is 1.70. The van der Waals surface area contributed by atoms with Crippen molar-refractivity contribution in [3.63, 3.8) is 0 Å². The molecule has 0 saturated carbocycles. The highest BCUT2D eigenvalue weighted by atomic mass is 32.2. The molecule has 1 aromatic rings. The summed E-state index contributed by atoms with van der Waals surface area (Å²) < 4.78 is 5.17. The van der Waals surface area contributed by atoms with Crippen LogP contribution in [0.3, 0.4) is 0 Å². The Morgan fingerprint density at radius 1 is 1.59 bits per heavy atom. The zero-order chi connectivity index (χ0) is 12.9. The van der Waals surface area contributed by atoms with Crippen LogP contribution >= 0.6 is 11.8 Å². The van der Waals surface area contributed by atoms with E-state index in [1.165, 1.54) is 0 Å². The predicted octanol–water partition coefficient (Wildman–Crippen LogP) is 1.13. The van der Waals surface area contributed by atoms with Crippen LogP contribution in [-0.4, -0.2) is 44.3 Å². The van der Waals surface area contributed by atoms with Crippen LogP contribution < -0.4 is 5.32 Å². The van der Waals surface area contributed by atoms with Crippen molar-refractivity contribution in [2.45, 2.75) is 32.4 Å². The maximum absolute atomic E-state index is 11.6. The van der Waals surface area contributed by atoms with Crippen molar-refractivity contribution in [3.8, 4) is 0 Å². The van der Waals surface area contributed by atoms with Crippen LogP contribution in [0.1, 0.15) is 32.6 Å². The molecule has 8 heteroatoms. The van der Waals surface area contributed by atoms with E-state index in [-0.39, 0.29) is 6.04 Å². The van der Waals surface area contributed by atoms with Gasteiger partial charge in [-0.2, -0.15) is 17.0 Å². The smallest absolute Gasteiger partial charge is 0.408 e. The number of aromatic nitrogens is 4. The van der Waals surface area contributed by atoms with Crippen LogP contribution in [0.4, 0.5) is 4.79 Å². The Balaban J connectivity index is 2.59.